The quantitative estimate of drug-likeness (QED) is 0.838. The Hall–Kier alpha value is -2.55. The van der Waals surface area contributed by atoms with Gasteiger partial charge in [0, 0.05) is 32.7 Å². The first-order valence-corrected chi connectivity index (χ1v) is 8.67. The summed E-state index contributed by atoms with van der Waals surface area (Å²) in [4.78, 5) is 25.5. The first-order chi connectivity index (χ1) is 12.4. The number of aromatic nitrogens is 3. The summed E-state index contributed by atoms with van der Waals surface area (Å²) in [5.41, 5.74) is 1.12. The number of carbonyl (C=O) groups excluding carboxylic acids is 1. The molecule has 1 saturated heterocycles. The molecular weight excluding hydrogens is 362 g/mol. The van der Waals surface area contributed by atoms with Gasteiger partial charge < -0.3 is 19.8 Å². The average Bonchev–Trinajstić information content (AvgIpc) is 3.16. The zero-order chi connectivity index (χ0) is 18.8. The van der Waals surface area contributed by atoms with E-state index >= 15 is 0 Å². The van der Waals surface area contributed by atoms with Crippen LogP contribution in [0.5, 0.6) is 0 Å². The number of carboxylic acid groups (broad SMARTS) is 1. The lowest BCUT2D eigenvalue weighted by atomic mass is 9.97. The average molecular weight is 382 g/mol. The Morgan fingerprint density at radius 3 is 2.92 bits per heavy atom. The van der Waals surface area contributed by atoms with Crippen LogP contribution < -0.4 is 5.32 Å². The van der Waals surface area contributed by atoms with Crippen LogP contribution in [0.3, 0.4) is 0 Å². The molecule has 140 valence electrons. The molecule has 1 aliphatic heterocycles. The van der Waals surface area contributed by atoms with Crippen molar-refractivity contribution in [2.75, 3.05) is 19.6 Å². The molecule has 1 aliphatic rings. The Morgan fingerprint density at radius 1 is 1.50 bits per heavy atom. The van der Waals surface area contributed by atoms with E-state index in [1.165, 1.54) is 4.68 Å². The van der Waals surface area contributed by atoms with Gasteiger partial charge in [0.15, 0.2) is 0 Å². The van der Waals surface area contributed by atoms with Gasteiger partial charge in [0.25, 0.3) is 5.91 Å². The van der Waals surface area contributed by atoms with Crippen LogP contribution in [0.2, 0.25) is 5.15 Å². The zero-order valence-electron chi connectivity index (χ0n) is 14.5. The number of hydrogen-bond acceptors (Lipinski definition) is 5. The van der Waals surface area contributed by atoms with E-state index in [9.17, 15) is 9.59 Å². The van der Waals surface area contributed by atoms with Crippen LogP contribution in [-0.2, 0) is 7.05 Å². The van der Waals surface area contributed by atoms with Crippen molar-refractivity contribution in [3.8, 4) is 11.4 Å². The van der Waals surface area contributed by atoms with Crippen molar-refractivity contribution in [3.05, 3.63) is 22.5 Å². The van der Waals surface area contributed by atoms with E-state index in [1.807, 2.05) is 0 Å². The highest BCUT2D eigenvalue weighted by Gasteiger charge is 2.31. The summed E-state index contributed by atoms with van der Waals surface area (Å²) in [5.74, 6) is 0.439. The van der Waals surface area contributed by atoms with Crippen LogP contribution >= 0.6 is 11.6 Å². The minimum Gasteiger partial charge on any atom is -0.465 e. The molecule has 0 aromatic carbocycles. The number of piperidine rings is 1. The molecule has 1 atom stereocenters. The Kier molecular flexibility index (Phi) is 5.17. The van der Waals surface area contributed by atoms with Crippen molar-refractivity contribution >= 4 is 23.6 Å². The summed E-state index contributed by atoms with van der Waals surface area (Å²) in [7, 11) is 1.66. The Bertz CT molecular complexity index is 831. The fourth-order valence-electron chi connectivity index (χ4n) is 3.16. The summed E-state index contributed by atoms with van der Waals surface area (Å²) in [6, 6.07) is 1.70. The maximum absolute atomic E-state index is 13.1. The molecule has 0 radical (unpaired) electrons. The predicted octanol–water partition coefficient (Wildman–Crippen LogP) is 2.16. The van der Waals surface area contributed by atoms with Crippen molar-refractivity contribution in [3.63, 3.8) is 0 Å². The second kappa shape index (κ2) is 7.36. The molecule has 3 rings (SSSR count). The third-order valence-electron chi connectivity index (χ3n) is 4.41. The van der Waals surface area contributed by atoms with E-state index in [0.717, 1.165) is 12.8 Å². The first-order valence-electron chi connectivity index (χ1n) is 8.29. The van der Waals surface area contributed by atoms with Crippen molar-refractivity contribution in [2.24, 2.45) is 13.0 Å². The third kappa shape index (κ3) is 3.67. The lowest BCUT2D eigenvalue weighted by Crippen LogP contribution is -2.43. The number of likely N-dealkylation sites (tertiary alicyclic amines) is 1. The molecule has 10 heteroatoms. The maximum Gasteiger partial charge on any atom is 0.404 e. The number of nitrogens with zero attached hydrogens (tertiary/aromatic N) is 4. The highest BCUT2D eigenvalue weighted by molar-refractivity contribution is 6.33. The first kappa shape index (κ1) is 18.2. The SMILES string of the molecule is Cc1cc(-c2nn(C)c(Cl)c2C(=O)N2CCCC(CNC(=O)O)C2)no1. The molecule has 0 aliphatic carbocycles. The smallest absolute Gasteiger partial charge is 0.404 e. The second-order valence-corrected chi connectivity index (χ2v) is 6.76. The minimum atomic E-state index is -1.06. The van der Waals surface area contributed by atoms with Crippen LogP contribution in [0.25, 0.3) is 11.4 Å². The Morgan fingerprint density at radius 2 is 2.27 bits per heavy atom. The molecule has 2 amide bonds. The standard InChI is InChI=1S/C16H20ClN5O4/c1-9-6-11(20-26-9)13-12(14(17)21(2)19-13)15(23)22-5-3-4-10(8-22)7-18-16(24)25/h6,10,18H,3-5,7-8H2,1-2H3,(H,24,25). The number of hydrogen-bond donors (Lipinski definition) is 2. The molecule has 2 N–H and O–H groups in total. The minimum absolute atomic E-state index is 0.0667. The molecule has 0 spiro atoms. The van der Waals surface area contributed by atoms with Gasteiger partial charge in [-0.25, -0.2) is 4.79 Å². The van der Waals surface area contributed by atoms with E-state index in [0.29, 0.717) is 36.8 Å². The van der Waals surface area contributed by atoms with Gasteiger partial charge in [0.2, 0.25) is 0 Å². The van der Waals surface area contributed by atoms with Gasteiger partial charge in [0.05, 0.1) is 0 Å². The predicted molar refractivity (Wildman–Crippen MR) is 93.1 cm³/mol. The number of nitrogens with one attached hydrogen (secondary N) is 1. The molecular formula is C16H20ClN5O4. The maximum atomic E-state index is 13.1. The van der Waals surface area contributed by atoms with Crippen molar-refractivity contribution in [1.82, 2.24) is 25.2 Å². The summed E-state index contributed by atoms with van der Waals surface area (Å²) < 4.78 is 6.52. The van der Waals surface area contributed by atoms with E-state index in [4.69, 9.17) is 21.2 Å². The summed E-state index contributed by atoms with van der Waals surface area (Å²) >= 11 is 6.33. The van der Waals surface area contributed by atoms with Crippen molar-refractivity contribution in [2.45, 2.75) is 19.8 Å². The van der Waals surface area contributed by atoms with Gasteiger partial charge in [-0.2, -0.15) is 5.10 Å². The van der Waals surface area contributed by atoms with Crippen LogP contribution in [0.4, 0.5) is 4.79 Å². The van der Waals surface area contributed by atoms with Crippen LogP contribution in [-0.4, -0.2) is 56.6 Å². The van der Waals surface area contributed by atoms with Gasteiger partial charge in [-0.3, -0.25) is 9.48 Å². The molecule has 9 nitrogen and oxygen atoms in total. The topological polar surface area (TPSA) is 113 Å². The van der Waals surface area contributed by atoms with Gasteiger partial charge in [0.1, 0.15) is 27.9 Å². The normalized spacial score (nSPS) is 17.3. The number of carbonyl (C=O) groups is 2. The van der Waals surface area contributed by atoms with E-state index in [-0.39, 0.29) is 22.5 Å². The largest absolute Gasteiger partial charge is 0.465 e. The van der Waals surface area contributed by atoms with Gasteiger partial charge in [-0.05, 0) is 25.7 Å². The third-order valence-corrected chi connectivity index (χ3v) is 4.84. The molecule has 0 saturated carbocycles. The number of halogens is 1. The molecule has 2 aromatic heterocycles. The highest BCUT2D eigenvalue weighted by Crippen LogP contribution is 2.30. The molecule has 0 bridgehead atoms. The molecule has 2 aromatic rings. The highest BCUT2D eigenvalue weighted by atomic mass is 35.5. The monoisotopic (exact) mass is 381 g/mol. The van der Waals surface area contributed by atoms with Gasteiger partial charge in [-0.15, -0.1) is 0 Å². The number of amides is 2. The van der Waals surface area contributed by atoms with Crippen LogP contribution in [0.1, 0.15) is 29.0 Å². The molecule has 1 fully saturated rings. The van der Waals surface area contributed by atoms with Crippen molar-refractivity contribution in [1.29, 1.82) is 0 Å². The van der Waals surface area contributed by atoms with Crippen LogP contribution in [0.15, 0.2) is 10.6 Å². The summed E-state index contributed by atoms with van der Waals surface area (Å²) in [6.45, 7) is 3.12. The number of aryl methyl sites for hydroxylation is 2. The Labute approximate surface area is 154 Å². The fraction of sp³-hybridized carbons (Fsp3) is 0.500. The summed E-state index contributed by atoms with van der Waals surface area (Å²) in [5, 5.41) is 19.6. The molecule has 3 heterocycles. The summed E-state index contributed by atoms with van der Waals surface area (Å²) in [6.07, 6.45) is 0.598. The lowest BCUT2D eigenvalue weighted by Gasteiger charge is -2.32. The lowest BCUT2D eigenvalue weighted by molar-refractivity contribution is 0.0674. The van der Waals surface area contributed by atoms with E-state index in [2.05, 4.69) is 15.6 Å². The Balaban J connectivity index is 1.84. The van der Waals surface area contributed by atoms with Crippen molar-refractivity contribution < 1.29 is 19.2 Å². The zero-order valence-corrected chi connectivity index (χ0v) is 15.3. The van der Waals surface area contributed by atoms with Crippen LogP contribution in [0, 0.1) is 12.8 Å². The van der Waals surface area contributed by atoms with E-state index < -0.39 is 6.09 Å². The fourth-order valence-corrected chi connectivity index (χ4v) is 3.36. The van der Waals surface area contributed by atoms with Gasteiger partial charge >= 0.3 is 6.09 Å². The number of rotatable bonds is 4. The molecule has 26 heavy (non-hydrogen) atoms. The van der Waals surface area contributed by atoms with E-state index in [1.54, 1.807) is 24.9 Å². The molecule has 1 unspecified atom stereocenters. The second-order valence-electron chi connectivity index (χ2n) is 6.41. The van der Waals surface area contributed by atoms with Gasteiger partial charge in [-0.1, -0.05) is 16.8 Å².